The van der Waals surface area contributed by atoms with Crippen LogP contribution >= 0.6 is 0 Å². The van der Waals surface area contributed by atoms with Crippen LogP contribution in [0.4, 0.5) is 5.69 Å². The topological polar surface area (TPSA) is 78.9 Å². The quantitative estimate of drug-likeness (QED) is 0.774. The lowest BCUT2D eigenvalue weighted by atomic mass is 10.1. The molecule has 2 rings (SSSR count). The lowest BCUT2D eigenvalue weighted by molar-refractivity contribution is -0.120. The normalized spacial score (nSPS) is 19.2. The molecule has 0 bridgehead atoms. The van der Waals surface area contributed by atoms with E-state index in [0.717, 1.165) is 0 Å². The van der Waals surface area contributed by atoms with Gasteiger partial charge in [-0.3, -0.25) is 14.5 Å². The number of hydrogen-bond acceptors (Lipinski definition) is 5. The van der Waals surface area contributed by atoms with Crippen molar-refractivity contribution in [3.63, 3.8) is 0 Å². The predicted molar refractivity (Wildman–Crippen MR) is 78.3 cm³/mol. The number of carbonyl (C=O) groups is 2. The van der Waals surface area contributed by atoms with Gasteiger partial charge in [0.1, 0.15) is 0 Å². The Morgan fingerprint density at radius 1 is 1.38 bits per heavy atom. The van der Waals surface area contributed by atoms with E-state index in [-0.39, 0.29) is 30.9 Å². The van der Waals surface area contributed by atoms with Crippen LogP contribution in [-0.2, 0) is 9.53 Å². The molecule has 0 aromatic heterocycles. The Morgan fingerprint density at radius 3 is 2.71 bits per heavy atom. The van der Waals surface area contributed by atoms with Gasteiger partial charge in [-0.25, -0.2) is 0 Å². The van der Waals surface area contributed by atoms with E-state index in [1.165, 1.54) is 6.92 Å². The van der Waals surface area contributed by atoms with Crippen LogP contribution in [0.5, 0.6) is 0 Å². The molecule has 1 atom stereocenters. The molecule has 1 aromatic carbocycles. The van der Waals surface area contributed by atoms with E-state index in [9.17, 15) is 14.7 Å². The average Bonchev–Trinajstić information content (AvgIpc) is 2.48. The molecule has 0 saturated carbocycles. The van der Waals surface area contributed by atoms with E-state index in [1.54, 1.807) is 24.3 Å². The van der Waals surface area contributed by atoms with E-state index in [0.29, 0.717) is 31.0 Å². The first-order chi connectivity index (χ1) is 10.1. The molecular weight excluding hydrogens is 272 g/mol. The first-order valence-corrected chi connectivity index (χ1v) is 6.93. The summed E-state index contributed by atoms with van der Waals surface area (Å²) in [4.78, 5) is 25.1. The molecule has 114 valence electrons. The number of ether oxygens (including phenoxy) is 1. The highest BCUT2D eigenvalue weighted by atomic mass is 16.5. The molecule has 0 spiro atoms. The number of hydrogen-bond donors (Lipinski definition) is 2. The van der Waals surface area contributed by atoms with Crippen LogP contribution in [0.3, 0.4) is 0 Å². The summed E-state index contributed by atoms with van der Waals surface area (Å²) in [6.45, 7) is 3.32. The lowest BCUT2D eigenvalue weighted by Gasteiger charge is -2.33. The number of carbonyl (C=O) groups excluding carboxylic acids is 2. The molecule has 0 aliphatic carbocycles. The monoisotopic (exact) mass is 292 g/mol. The molecule has 0 radical (unpaired) electrons. The number of benzene rings is 1. The fraction of sp³-hybridized carbons (Fsp3) is 0.467. The van der Waals surface area contributed by atoms with Crippen molar-refractivity contribution >= 4 is 17.4 Å². The van der Waals surface area contributed by atoms with Crippen molar-refractivity contribution in [1.29, 1.82) is 0 Å². The van der Waals surface area contributed by atoms with Crippen molar-refractivity contribution in [3.8, 4) is 0 Å². The number of aliphatic hydroxyl groups excluding tert-OH is 1. The molecule has 21 heavy (non-hydrogen) atoms. The molecule has 1 unspecified atom stereocenters. The van der Waals surface area contributed by atoms with Crippen molar-refractivity contribution in [2.75, 3.05) is 38.2 Å². The summed E-state index contributed by atoms with van der Waals surface area (Å²) in [5.41, 5.74) is 1.26. The minimum absolute atomic E-state index is 0.00743. The molecule has 1 fully saturated rings. The van der Waals surface area contributed by atoms with Crippen molar-refractivity contribution in [1.82, 2.24) is 4.90 Å². The van der Waals surface area contributed by atoms with Crippen LogP contribution in [0.1, 0.15) is 17.3 Å². The van der Waals surface area contributed by atoms with Gasteiger partial charge in [-0.1, -0.05) is 0 Å². The van der Waals surface area contributed by atoms with Crippen LogP contribution in [0.15, 0.2) is 24.3 Å². The largest absolute Gasteiger partial charge is 0.395 e. The van der Waals surface area contributed by atoms with E-state index in [2.05, 4.69) is 5.32 Å². The Bertz CT molecular complexity index is 501. The van der Waals surface area contributed by atoms with Crippen LogP contribution in [0.25, 0.3) is 0 Å². The Kier molecular flexibility index (Phi) is 5.44. The second kappa shape index (κ2) is 7.31. The Balaban J connectivity index is 1.90. The van der Waals surface area contributed by atoms with Crippen molar-refractivity contribution in [2.45, 2.75) is 13.0 Å². The average molecular weight is 292 g/mol. The first kappa shape index (κ1) is 15.6. The number of morpholine rings is 1. The van der Waals surface area contributed by atoms with Gasteiger partial charge in [-0.2, -0.15) is 0 Å². The van der Waals surface area contributed by atoms with Gasteiger partial charge < -0.3 is 15.2 Å². The van der Waals surface area contributed by atoms with Crippen molar-refractivity contribution in [2.24, 2.45) is 0 Å². The smallest absolute Gasteiger partial charge is 0.238 e. The summed E-state index contributed by atoms with van der Waals surface area (Å²) in [7, 11) is 0. The van der Waals surface area contributed by atoms with Crippen LogP contribution < -0.4 is 5.32 Å². The van der Waals surface area contributed by atoms with E-state index in [4.69, 9.17) is 4.74 Å². The maximum Gasteiger partial charge on any atom is 0.238 e. The Hall–Kier alpha value is -1.76. The zero-order valence-electron chi connectivity index (χ0n) is 12.0. The summed E-state index contributed by atoms with van der Waals surface area (Å²) in [5.74, 6) is -0.155. The van der Waals surface area contributed by atoms with Gasteiger partial charge in [0.05, 0.1) is 32.4 Å². The molecule has 6 nitrogen and oxygen atoms in total. The standard InChI is InChI=1S/C15H20N2O4/c1-11(19)12-2-4-13(5-3-12)16-15(20)8-17-6-7-21-10-14(17)9-18/h2-5,14,18H,6-10H2,1H3,(H,16,20). The number of rotatable bonds is 5. The van der Waals surface area contributed by atoms with Gasteiger partial charge in [0, 0.05) is 17.8 Å². The highest BCUT2D eigenvalue weighted by Crippen LogP contribution is 2.11. The van der Waals surface area contributed by atoms with E-state index >= 15 is 0 Å². The molecule has 1 aliphatic rings. The summed E-state index contributed by atoms with van der Waals surface area (Å²) >= 11 is 0. The van der Waals surface area contributed by atoms with Gasteiger partial charge in [0.15, 0.2) is 5.78 Å². The summed E-state index contributed by atoms with van der Waals surface area (Å²) in [6, 6.07) is 6.64. The Morgan fingerprint density at radius 2 is 2.10 bits per heavy atom. The molecule has 1 aromatic rings. The third-order valence-electron chi connectivity index (χ3n) is 3.48. The van der Waals surface area contributed by atoms with E-state index < -0.39 is 0 Å². The molecule has 1 saturated heterocycles. The first-order valence-electron chi connectivity index (χ1n) is 6.93. The third kappa shape index (κ3) is 4.35. The highest BCUT2D eigenvalue weighted by Gasteiger charge is 2.24. The Labute approximate surface area is 123 Å². The molecular formula is C15H20N2O4. The van der Waals surface area contributed by atoms with Gasteiger partial charge in [-0.15, -0.1) is 0 Å². The van der Waals surface area contributed by atoms with Gasteiger partial charge in [0.25, 0.3) is 0 Å². The van der Waals surface area contributed by atoms with Gasteiger partial charge in [0.2, 0.25) is 5.91 Å². The predicted octanol–water partition coefficient (Wildman–Crippen LogP) is 0.521. The fourth-order valence-electron chi connectivity index (χ4n) is 2.24. The third-order valence-corrected chi connectivity index (χ3v) is 3.48. The zero-order chi connectivity index (χ0) is 15.2. The van der Waals surface area contributed by atoms with E-state index in [1.807, 2.05) is 4.90 Å². The molecule has 2 N–H and O–H groups in total. The fourth-order valence-corrected chi connectivity index (χ4v) is 2.24. The number of anilines is 1. The summed E-state index contributed by atoms with van der Waals surface area (Å²) in [5, 5.41) is 12.0. The van der Waals surface area contributed by atoms with Crippen LogP contribution in [-0.4, -0.2) is 60.6 Å². The summed E-state index contributed by atoms with van der Waals surface area (Å²) in [6.07, 6.45) is 0. The summed E-state index contributed by atoms with van der Waals surface area (Å²) < 4.78 is 5.27. The minimum atomic E-state index is -0.147. The minimum Gasteiger partial charge on any atom is -0.395 e. The second-order valence-electron chi connectivity index (χ2n) is 5.06. The second-order valence-corrected chi connectivity index (χ2v) is 5.06. The lowest BCUT2D eigenvalue weighted by Crippen LogP contribution is -2.50. The number of nitrogens with zero attached hydrogens (tertiary/aromatic N) is 1. The zero-order valence-corrected chi connectivity index (χ0v) is 12.0. The molecule has 1 amide bonds. The SMILES string of the molecule is CC(=O)c1ccc(NC(=O)CN2CCOCC2CO)cc1. The van der Waals surface area contributed by atoms with Crippen LogP contribution in [0.2, 0.25) is 0 Å². The van der Waals surface area contributed by atoms with Crippen LogP contribution in [0, 0.1) is 0 Å². The molecule has 1 aliphatic heterocycles. The maximum atomic E-state index is 12.0. The van der Waals surface area contributed by atoms with Crippen molar-refractivity contribution in [3.05, 3.63) is 29.8 Å². The van der Waals surface area contributed by atoms with Gasteiger partial charge >= 0.3 is 0 Å². The van der Waals surface area contributed by atoms with Gasteiger partial charge in [-0.05, 0) is 31.2 Å². The molecule has 6 heteroatoms. The number of nitrogens with one attached hydrogen (secondary N) is 1. The number of aliphatic hydroxyl groups is 1. The number of ketones is 1. The highest BCUT2D eigenvalue weighted by molar-refractivity contribution is 5.96. The molecule has 1 heterocycles. The number of amides is 1. The van der Waals surface area contributed by atoms with Crippen molar-refractivity contribution < 1.29 is 19.4 Å². The number of Topliss-reactive ketones (excluding diaryl/α,β-unsaturated/α-hetero) is 1. The maximum absolute atomic E-state index is 12.0.